The van der Waals surface area contributed by atoms with E-state index < -0.39 is 0 Å². The predicted molar refractivity (Wildman–Crippen MR) is 143 cm³/mol. The number of hydrogen-bond acceptors (Lipinski definition) is 4. The van der Waals surface area contributed by atoms with E-state index in [-0.39, 0.29) is 11.9 Å². The number of benzene rings is 3. The van der Waals surface area contributed by atoms with Crippen LogP contribution >= 0.6 is 0 Å². The van der Waals surface area contributed by atoms with Crippen LogP contribution in [0.5, 0.6) is 17.2 Å². The summed E-state index contributed by atoms with van der Waals surface area (Å²) in [7, 11) is 1.65. The molecule has 0 spiro atoms. The largest absolute Gasteiger partial charge is 0.493 e. The number of aryl methyl sites for hydroxylation is 1. The number of nitrogens with one attached hydrogen (secondary N) is 2. The molecule has 1 saturated heterocycles. The van der Waals surface area contributed by atoms with E-state index in [4.69, 9.17) is 9.47 Å². The van der Waals surface area contributed by atoms with Gasteiger partial charge in [-0.15, -0.1) is 0 Å². The number of H-pyrrole nitrogens is 1. The van der Waals surface area contributed by atoms with Gasteiger partial charge in [0.25, 0.3) is 0 Å². The van der Waals surface area contributed by atoms with Gasteiger partial charge in [-0.25, -0.2) is 0 Å². The van der Waals surface area contributed by atoms with E-state index in [1.807, 2.05) is 55.5 Å². The Bertz CT molecular complexity index is 1340. The summed E-state index contributed by atoms with van der Waals surface area (Å²) in [5.41, 5.74) is 4.46. The van der Waals surface area contributed by atoms with Crippen LogP contribution < -0.4 is 14.8 Å². The smallest absolute Gasteiger partial charge is 0.224 e. The van der Waals surface area contributed by atoms with Gasteiger partial charge in [0.15, 0.2) is 11.5 Å². The highest BCUT2D eigenvalue weighted by Gasteiger charge is 2.22. The molecule has 0 atom stereocenters. The number of ether oxygens (including phenoxy) is 2. The average Bonchev–Trinajstić information content (AvgIpc) is 3.20. The van der Waals surface area contributed by atoms with Gasteiger partial charge in [-0.2, -0.15) is 0 Å². The second kappa shape index (κ2) is 10.9. The highest BCUT2D eigenvalue weighted by molar-refractivity contribution is 5.90. The van der Waals surface area contributed by atoms with Crippen molar-refractivity contribution in [3.63, 3.8) is 0 Å². The monoisotopic (exact) mass is 483 g/mol. The Kier molecular flexibility index (Phi) is 7.23. The second-order valence-corrected chi connectivity index (χ2v) is 9.47. The number of nitrogens with zero attached hydrogens (tertiary/aromatic N) is 1. The third kappa shape index (κ3) is 5.55. The van der Waals surface area contributed by atoms with Crippen LogP contribution in [-0.4, -0.2) is 42.0 Å². The topological polar surface area (TPSA) is 66.6 Å². The molecule has 1 fully saturated rings. The summed E-state index contributed by atoms with van der Waals surface area (Å²) in [4.78, 5) is 18.6. The van der Waals surface area contributed by atoms with Crippen molar-refractivity contribution in [3.8, 4) is 17.2 Å². The summed E-state index contributed by atoms with van der Waals surface area (Å²) in [5, 5.41) is 4.41. The minimum absolute atomic E-state index is 0.0995. The van der Waals surface area contributed by atoms with Crippen molar-refractivity contribution in [2.75, 3.05) is 20.2 Å². The molecule has 3 aromatic carbocycles. The van der Waals surface area contributed by atoms with Crippen LogP contribution in [0.2, 0.25) is 0 Å². The van der Waals surface area contributed by atoms with E-state index in [1.54, 1.807) is 7.11 Å². The number of carbonyl (C=O) groups is 1. The fourth-order valence-electron chi connectivity index (χ4n) is 5.03. The summed E-state index contributed by atoms with van der Waals surface area (Å²) in [6, 6.07) is 24.3. The van der Waals surface area contributed by atoms with Crippen LogP contribution in [0.15, 0.2) is 72.8 Å². The SMILES string of the molecule is COc1ccccc1Oc1cccc(CN2CCC(NC(=O)Cc3c(C)[nH]c4ccccc34)CC2)c1. The second-order valence-electron chi connectivity index (χ2n) is 9.47. The molecular weight excluding hydrogens is 450 g/mol. The molecular formula is C30H33N3O3. The molecule has 1 aliphatic rings. The van der Waals surface area contributed by atoms with E-state index in [2.05, 4.69) is 39.5 Å². The van der Waals surface area contributed by atoms with Crippen molar-refractivity contribution in [1.29, 1.82) is 0 Å². The molecule has 1 aromatic heterocycles. The highest BCUT2D eigenvalue weighted by atomic mass is 16.5. The van der Waals surface area contributed by atoms with Crippen molar-refractivity contribution >= 4 is 16.8 Å². The first-order valence-corrected chi connectivity index (χ1v) is 12.6. The fraction of sp³-hybridized carbons (Fsp3) is 0.300. The van der Waals surface area contributed by atoms with E-state index >= 15 is 0 Å². The first-order chi connectivity index (χ1) is 17.6. The van der Waals surface area contributed by atoms with Gasteiger partial charge in [0.2, 0.25) is 5.91 Å². The van der Waals surface area contributed by atoms with Crippen LogP contribution in [0.3, 0.4) is 0 Å². The van der Waals surface area contributed by atoms with Gasteiger partial charge >= 0.3 is 0 Å². The normalized spacial score (nSPS) is 14.6. The third-order valence-corrected chi connectivity index (χ3v) is 6.92. The number of para-hydroxylation sites is 3. The number of methoxy groups -OCH3 is 1. The van der Waals surface area contributed by atoms with Crippen molar-refractivity contribution in [2.45, 2.75) is 38.8 Å². The third-order valence-electron chi connectivity index (χ3n) is 6.92. The van der Waals surface area contributed by atoms with Crippen molar-refractivity contribution in [2.24, 2.45) is 0 Å². The zero-order chi connectivity index (χ0) is 24.9. The summed E-state index contributed by atoms with van der Waals surface area (Å²) in [6.07, 6.45) is 2.32. The Balaban J connectivity index is 1.12. The summed E-state index contributed by atoms with van der Waals surface area (Å²) in [5.74, 6) is 2.32. The van der Waals surface area contributed by atoms with Crippen molar-refractivity contribution < 1.29 is 14.3 Å². The first kappa shape index (κ1) is 23.9. The maximum atomic E-state index is 12.8. The van der Waals surface area contributed by atoms with Gasteiger partial charge in [-0.3, -0.25) is 9.69 Å². The van der Waals surface area contributed by atoms with Gasteiger partial charge in [-0.05, 0) is 61.2 Å². The van der Waals surface area contributed by atoms with Gasteiger partial charge in [0.1, 0.15) is 5.75 Å². The zero-order valence-electron chi connectivity index (χ0n) is 20.9. The quantitative estimate of drug-likeness (QED) is 0.342. The number of amides is 1. The van der Waals surface area contributed by atoms with Crippen molar-refractivity contribution in [1.82, 2.24) is 15.2 Å². The zero-order valence-corrected chi connectivity index (χ0v) is 20.9. The lowest BCUT2D eigenvalue weighted by molar-refractivity contribution is -0.121. The number of aromatic nitrogens is 1. The van der Waals surface area contributed by atoms with Crippen LogP contribution in [-0.2, 0) is 17.8 Å². The molecule has 36 heavy (non-hydrogen) atoms. The molecule has 6 nitrogen and oxygen atoms in total. The lowest BCUT2D eigenvalue weighted by atomic mass is 10.0. The van der Waals surface area contributed by atoms with E-state index in [0.717, 1.165) is 60.4 Å². The highest BCUT2D eigenvalue weighted by Crippen LogP contribution is 2.31. The Labute approximate surface area is 212 Å². The standard InChI is InChI=1S/C30H33N3O3/c1-21-26(25-10-3-4-11-27(25)31-21)19-30(34)32-23-14-16-33(17-15-23)20-22-8-7-9-24(18-22)36-29-13-6-5-12-28(29)35-2/h3-13,18,23,31H,14-17,19-20H2,1-2H3,(H,32,34). The summed E-state index contributed by atoms with van der Waals surface area (Å²) in [6.45, 7) is 4.80. The molecule has 0 aliphatic carbocycles. The summed E-state index contributed by atoms with van der Waals surface area (Å²) < 4.78 is 11.5. The van der Waals surface area contributed by atoms with Gasteiger partial charge in [0.05, 0.1) is 13.5 Å². The maximum Gasteiger partial charge on any atom is 0.224 e. The molecule has 0 unspecified atom stereocenters. The van der Waals surface area contributed by atoms with E-state index in [0.29, 0.717) is 17.9 Å². The summed E-state index contributed by atoms with van der Waals surface area (Å²) >= 11 is 0. The number of rotatable bonds is 8. The molecule has 1 amide bonds. The van der Waals surface area contributed by atoms with Crippen molar-refractivity contribution in [3.05, 3.63) is 89.6 Å². The van der Waals surface area contributed by atoms with E-state index in [9.17, 15) is 4.79 Å². The molecule has 0 radical (unpaired) electrons. The van der Waals surface area contributed by atoms with Crippen LogP contribution in [0.1, 0.15) is 29.7 Å². The van der Waals surface area contributed by atoms with Gasteiger partial charge < -0.3 is 19.8 Å². The number of fused-ring (bicyclic) bond motifs is 1. The minimum atomic E-state index is 0.0995. The van der Waals surface area contributed by atoms with E-state index in [1.165, 1.54) is 5.56 Å². The average molecular weight is 484 g/mol. The lowest BCUT2D eigenvalue weighted by Gasteiger charge is -2.32. The van der Waals surface area contributed by atoms with Gasteiger partial charge in [0, 0.05) is 42.3 Å². The number of carbonyl (C=O) groups excluding carboxylic acids is 1. The molecule has 0 saturated carbocycles. The van der Waals surface area contributed by atoms with Crippen LogP contribution in [0.25, 0.3) is 10.9 Å². The lowest BCUT2D eigenvalue weighted by Crippen LogP contribution is -2.44. The van der Waals surface area contributed by atoms with Gasteiger partial charge in [-0.1, -0.05) is 42.5 Å². The Morgan fingerprint density at radius 2 is 1.75 bits per heavy atom. The molecule has 5 rings (SSSR count). The molecule has 2 heterocycles. The molecule has 6 heteroatoms. The predicted octanol–water partition coefficient (Wildman–Crippen LogP) is 5.60. The molecule has 186 valence electrons. The number of aromatic amines is 1. The number of likely N-dealkylation sites (tertiary alicyclic amines) is 1. The minimum Gasteiger partial charge on any atom is -0.493 e. The molecule has 4 aromatic rings. The Morgan fingerprint density at radius 1 is 1.00 bits per heavy atom. The molecule has 2 N–H and O–H groups in total. The Morgan fingerprint density at radius 3 is 2.56 bits per heavy atom. The molecule has 1 aliphatic heterocycles. The molecule has 0 bridgehead atoms. The number of piperidine rings is 1. The maximum absolute atomic E-state index is 12.8. The van der Waals surface area contributed by atoms with Crippen LogP contribution in [0, 0.1) is 6.92 Å². The van der Waals surface area contributed by atoms with Crippen LogP contribution in [0.4, 0.5) is 0 Å². The Hall–Kier alpha value is -3.77. The first-order valence-electron chi connectivity index (χ1n) is 12.6. The fourth-order valence-corrected chi connectivity index (χ4v) is 5.03. The number of hydrogen-bond donors (Lipinski definition) is 2.